The Labute approximate surface area is 901 Å². The average Bonchev–Trinajstić information content (AvgIpc) is 0.727. The molecule has 148 heavy (non-hydrogen) atoms. The van der Waals surface area contributed by atoms with Crippen molar-refractivity contribution in [2.24, 2.45) is 80.8 Å². The number of aliphatic carboxylic acids is 9. The van der Waals surface area contributed by atoms with E-state index in [4.69, 9.17) is 180 Å². The van der Waals surface area contributed by atoms with Gasteiger partial charge in [0.05, 0.1) is 94.0 Å². The van der Waals surface area contributed by atoms with Crippen molar-refractivity contribution >= 4 is 207 Å². The summed E-state index contributed by atoms with van der Waals surface area (Å²) in [6.45, 7) is 10.8. The molecule has 810 valence electrons. The van der Waals surface area contributed by atoms with Crippen molar-refractivity contribution in [3.63, 3.8) is 0 Å². The zero-order valence-electron chi connectivity index (χ0n) is 81.3. The predicted molar refractivity (Wildman–Crippen MR) is 549 cm³/mol. The molecule has 0 heterocycles. The highest BCUT2D eigenvalue weighted by atomic mass is 35.5. The molecular weight excluding hydrogens is 2120 g/mol. The van der Waals surface area contributed by atoms with Gasteiger partial charge in [-0.3, -0.25) is 76.7 Å². The van der Waals surface area contributed by atoms with Gasteiger partial charge in [-0.05, 0) is 375 Å². The molecule has 0 amide bonds. The molecule has 0 aromatic heterocycles. The number of ether oxygens (including phenoxy) is 4. The van der Waals surface area contributed by atoms with Crippen LogP contribution in [0.3, 0.4) is 0 Å². The van der Waals surface area contributed by atoms with Gasteiger partial charge >= 0.3 is 65.7 Å². The molecule has 0 radical (unpaired) electrons. The largest absolute Gasteiger partial charge is 0.501 e. The number of rotatable bonds is 40. The number of hydrogen-bond acceptors (Lipinski definition) is 22. The number of halogens is 9. The summed E-state index contributed by atoms with van der Waals surface area (Å²) in [6.07, 6.45) is 27.3. The summed E-state index contributed by atoms with van der Waals surface area (Å²) in [4.78, 5) is 190. The number of carbonyl (C=O) groups is 18. The van der Waals surface area contributed by atoms with E-state index in [0.29, 0.717) is 141 Å². The van der Waals surface area contributed by atoms with Crippen molar-refractivity contribution in [3.8, 4) is 0 Å². The van der Waals surface area contributed by atoms with Crippen LogP contribution in [-0.2, 0) is 137 Å². The molecule has 0 saturated heterocycles. The molecule has 0 aliphatic heterocycles. The Kier molecular flexibility index (Phi) is 55.6. The average molecular weight is 2250 g/mol. The van der Waals surface area contributed by atoms with E-state index >= 15 is 0 Å². The summed E-state index contributed by atoms with van der Waals surface area (Å²) in [5, 5.41) is 91.1. The van der Waals surface area contributed by atoms with Crippen molar-refractivity contribution in [1.29, 1.82) is 0 Å². The first-order chi connectivity index (χ1) is 69.7. The van der Waals surface area contributed by atoms with Crippen molar-refractivity contribution in [3.05, 3.63) is 202 Å². The van der Waals surface area contributed by atoms with Crippen molar-refractivity contribution in [2.75, 3.05) is 38.6 Å². The number of alkyl halides is 2. The van der Waals surface area contributed by atoms with Gasteiger partial charge in [-0.1, -0.05) is 97.0 Å². The first-order valence-electron chi connectivity index (χ1n) is 47.7. The Balaban J connectivity index is 0.000000290. The lowest BCUT2D eigenvalue weighted by Crippen LogP contribution is -2.55. The summed E-state index contributed by atoms with van der Waals surface area (Å²) in [5.74, 6) is -6.82. The molecular formula is C106H125Cl9O33. The van der Waals surface area contributed by atoms with E-state index in [0.717, 1.165) is 75.8 Å². The van der Waals surface area contributed by atoms with Gasteiger partial charge in [-0.25, -0.2) is 9.59 Å². The highest BCUT2D eigenvalue weighted by Gasteiger charge is 2.59. The van der Waals surface area contributed by atoms with Crippen LogP contribution in [0.25, 0.3) is 0 Å². The standard InChI is InChI=1S/C16H24O2.C14H22Cl2O2.C12H9Cl3O3.C12H12O6.C10H16O4.C10H10O4.C8H10Cl2O2.C8H4Cl2O2.C8H12O4.C8H6O4/c1-3-17-11-15-6-13-5-14(7-15)9-16(8-13,10-15)12-18-4-2;15-9-17-7-13-2-11-1-12(4-13)5-14(3-11,6-13)8-18-10-16;13-10(16)4-7-1-8(5-11(14)17)3-9(2-7)6-12(15)18;13-10(14)4-7-1-8(5-11(15)16)3-9(2-7)6-12(17)18;2*11-9(12)5-7-1-2-8(4-3-7)6-10(13)14;2*9-7(11)5-1-2-6(4-3-5)8(10)12;2*9-7(10)5-1-2-6(4-3-5)8(11)12/h3-4,13-14H,1-2,5-12H2;11-12H,1-10H2;1-3H,4-6H2;1-3H,4-6H2,(H,13,14)(H,15,16)(H,17,18);7-8H,1-6H2,(H,11,12)(H,13,14);1-4H,5-6H2,(H,11,12)(H,13,14);5-6H,1-4H2;1-4H;5-6H,1-4H2,(H,9,10)(H,11,12);1-4H,(H,9,10)(H,11,12). The summed E-state index contributed by atoms with van der Waals surface area (Å²) in [7, 11) is 0. The third-order valence-electron chi connectivity index (χ3n) is 27.1. The molecule has 11 N–H and O–H groups in total. The number of carboxylic acids is 11. The topological polar surface area (TPSA) is 567 Å². The normalized spacial score (nSPS) is 23.3. The number of carbonyl (C=O) groups excluding carboxylic acids is 7. The highest BCUT2D eigenvalue weighted by molar-refractivity contribution is 6.69. The van der Waals surface area contributed by atoms with Crippen LogP contribution in [0.1, 0.15) is 253 Å². The zero-order chi connectivity index (χ0) is 110. The van der Waals surface area contributed by atoms with Crippen molar-refractivity contribution in [1.82, 2.24) is 0 Å². The van der Waals surface area contributed by atoms with Gasteiger partial charge in [0.1, 0.15) is 12.1 Å². The number of aromatic carboxylic acids is 2. The second kappa shape index (κ2) is 64.3. The van der Waals surface area contributed by atoms with Crippen LogP contribution in [0.4, 0.5) is 0 Å². The van der Waals surface area contributed by atoms with Gasteiger partial charge < -0.3 is 75.1 Å². The maximum Gasteiger partial charge on any atom is 0.335 e. The van der Waals surface area contributed by atoms with E-state index in [1.165, 1.54) is 144 Å². The van der Waals surface area contributed by atoms with Crippen LogP contribution in [0.15, 0.2) is 135 Å². The van der Waals surface area contributed by atoms with Crippen LogP contribution in [0.5, 0.6) is 0 Å². The van der Waals surface area contributed by atoms with Gasteiger partial charge in [-0.2, -0.15) is 0 Å². The Morgan fingerprint density at radius 1 is 0.291 bits per heavy atom. The molecule has 11 saturated carbocycles. The lowest BCUT2D eigenvalue weighted by atomic mass is 9.44. The summed E-state index contributed by atoms with van der Waals surface area (Å²) in [5.41, 5.74) is 6.85. The third kappa shape index (κ3) is 48.3. The van der Waals surface area contributed by atoms with Crippen molar-refractivity contribution < 1.29 is 161 Å². The van der Waals surface area contributed by atoms with E-state index in [2.05, 4.69) is 13.2 Å². The maximum atomic E-state index is 10.9. The summed E-state index contributed by atoms with van der Waals surface area (Å²) < 4.78 is 22.3. The van der Waals surface area contributed by atoms with E-state index in [1.807, 2.05) is 0 Å². The Morgan fingerprint density at radius 2 is 0.514 bits per heavy atom. The lowest BCUT2D eigenvalue weighted by molar-refractivity contribution is -0.155. The summed E-state index contributed by atoms with van der Waals surface area (Å²) >= 11 is 48.3. The fourth-order valence-electron chi connectivity index (χ4n) is 22.1. The highest BCUT2D eigenvalue weighted by Crippen LogP contribution is 2.67. The quantitative estimate of drug-likeness (QED) is 0.00985. The predicted octanol–water partition coefficient (Wildman–Crippen LogP) is 20.6. The molecule has 42 heteroatoms. The minimum Gasteiger partial charge on any atom is -0.501 e. The Morgan fingerprint density at radius 3 is 0.709 bits per heavy atom. The van der Waals surface area contributed by atoms with Gasteiger partial charge in [0.25, 0.3) is 10.5 Å². The number of carboxylic acid groups (broad SMARTS) is 11. The van der Waals surface area contributed by atoms with Gasteiger partial charge in [0.2, 0.25) is 26.2 Å². The van der Waals surface area contributed by atoms with Gasteiger partial charge in [0, 0.05) is 65.9 Å². The van der Waals surface area contributed by atoms with Crippen LogP contribution in [0, 0.1) is 80.8 Å². The van der Waals surface area contributed by atoms with E-state index in [1.54, 1.807) is 55.0 Å². The molecule has 8 bridgehead atoms. The van der Waals surface area contributed by atoms with Crippen LogP contribution >= 0.6 is 104 Å². The minimum absolute atomic E-state index is 0.0232. The second-order valence-corrected chi connectivity index (χ2v) is 42.3. The molecule has 16 rings (SSSR count). The molecule has 5 aromatic rings. The Hall–Kier alpha value is -10.4. The van der Waals surface area contributed by atoms with E-state index < -0.39 is 91.9 Å². The first-order valence-corrected chi connectivity index (χ1v) is 51.4. The Bertz CT molecular complexity index is 4750. The SMILES string of the molecule is C=COCC12CC3CC(C1)CC(COC=C)(C3)C2.ClCOCC12CC3CC(C1)CC(COCCl)(C3)C2.O=C(Cl)C1CCC(C(=O)Cl)CC1.O=C(Cl)Cc1cc(CC(=O)Cl)cc(CC(=O)Cl)c1.O=C(Cl)c1ccc(C(=O)Cl)cc1.O=C(O)C1CCC(C(=O)O)CC1.O=C(O)CC1CCC(CC(=O)O)CC1.O=C(O)Cc1cc(CC(=O)O)cc(CC(=O)O)c1.O=C(O)Cc1ccc(CC(=O)O)cc1.O=C(O)c1ccc(C(=O)O)cc1. The number of benzene rings is 5. The van der Waals surface area contributed by atoms with Gasteiger partial charge in [0.15, 0.2) is 0 Å². The first kappa shape index (κ1) is 128. The third-order valence-corrected chi connectivity index (χ3v) is 28.8. The molecule has 11 aliphatic carbocycles. The monoisotopic (exact) mass is 2240 g/mol. The fraction of sp³-hybridized carbons (Fsp3) is 0.509. The molecule has 0 unspecified atom stereocenters. The number of hydrogen-bond donors (Lipinski definition) is 11. The minimum atomic E-state index is -1.06. The summed E-state index contributed by atoms with van der Waals surface area (Å²) in [6, 6.07) is 27.4. The van der Waals surface area contributed by atoms with Crippen LogP contribution in [0.2, 0.25) is 0 Å². The molecule has 11 aliphatic rings. The van der Waals surface area contributed by atoms with E-state index in [-0.39, 0.29) is 121 Å². The lowest BCUT2D eigenvalue weighted by Gasteiger charge is -2.62. The molecule has 11 fully saturated rings. The van der Waals surface area contributed by atoms with Crippen LogP contribution in [-0.4, -0.2) is 197 Å². The molecule has 0 atom stereocenters. The van der Waals surface area contributed by atoms with Crippen LogP contribution < -0.4 is 0 Å². The maximum absolute atomic E-state index is 10.9. The second-order valence-electron chi connectivity index (χ2n) is 39.1. The molecule has 0 spiro atoms. The fourth-order valence-corrected chi connectivity index (χ4v) is 23.4. The molecule has 5 aromatic carbocycles. The molecule has 33 nitrogen and oxygen atoms in total. The van der Waals surface area contributed by atoms with Crippen molar-refractivity contribution in [2.45, 2.75) is 218 Å². The van der Waals surface area contributed by atoms with E-state index in [9.17, 15) is 86.3 Å². The van der Waals surface area contributed by atoms with Gasteiger partial charge in [-0.15, -0.1) is 0 Å². The smallest absolute Gasteiger partial charge is 0.335 e. The zero-order valence-corrected chi connectivity index (χ0v) is 88.1.